The molecule has 3 heteroatoms. The molecule has 0 aliphatic heterocycles. The van der Waals surface area contributed by atoms with Gasteiger partial charge in [-0.2, -0.15) is 0 Å². The van der Waals surface area contributed by atoms with Crippen LogP contribution < -0.4 is 0 Å². The molecule has 0 heterocycles. The predicted molar refractivity (Wildman–Crippen MR) is 105 cm³/mol. The lowest BCUT2D eigenvalue weighted by molar-refractivity contribution is 0.0493. The summed E-state index contributed by atoms with van der Waals surface area (Å²) in [4.78, 5) is 14.5. The van der Waals surface area contributed by atoms with E-state index >= 15 is 0 Å². The van der Waals surface area contributed by atoms with Gasteiger partial charge in [0, 0.05) is 9.79 Å². The first-order chi connectivity index (χ1) is 12.2. The van der Waals surface area contributed by atoms with E-state index in [9.17, 15) is 4.79 Å². The molecule has 134 valence electrons. The highest BCUT2D eigenvalue weighted by molar-refractivity contribution is 7.99. The van der Waals surface area contributed by atoms with Gasteiger partial charge in [-0.3, -0.25) is 0 Å². The molecule has 0 bridgehead atoms. The van der Waals surface area contributed by atoms with Crippen LogP contribution in [0.1, 0.15) is 61.4 Å². The first kappa shape index (κ1) is 19.6. The van der Waals surface area contributed by atoms with Crippen molar-refractivity contribution < 1.29 is 9.53 Å². The fourth-order valence-corrected chi connectivity index (χ4v) is 3.52. The topological polar surface area (TPSA) is 26.3 Å². The molecule has 0 aliphatic carbocycles. The van der Waals surface area contributed by atoms with E-state index in [-0.39, 0.29) is 5.97 Å². The van der Waals surface area contributed by atoms with Gasteiger partial charge in [-0.15, -0.1) is 0 Å². The van der Waals surface area contributed by atoms with Crippen LogP contribution in [0, 0.1) is 6.92 Å². The molecule has 0 amide bonds. The fraction of sp³-hybridized carbons (Fsp3) is 0.409. The number of aryl methyl sites for hydroxylation is 1. The Morgan fingerprint density at radius 1 is 0.920 bits per heavy atom. The average molecular weight is 357 g/mol. The number of rotatable bonds is 10. The second-order valence-electron chi connectivity index (χ2n) is 6.31. The molecule has 0 atom stereocenters. The smallest absolute Gasteiger partial charge is 0.339 e. The van der Waals surface area contributed by atoms with Crippen LogP contribution in [-0.2, 0) is 4.74 Å². The number of carbonyl (C=O) groups excluding carboxylic acids is 1. The molecule has 2 rings (SSSR count). The molecule has 2 nitrogen and oxygen atoms in total. The van der Waals surface area contributed by atoms with Crippen molar-refractivity contribution in [3.05, 3.63) is 59.7 Å². The summed E-state index contributed by atoms with van der Waals surface area (Å²) in [6, 6.07) is 16.0. The highest BCUT2D eigenvalue weighted by Crippen LogP contribution is 2.31. The van der Waals surface area contributed by atoms with E-state index in [2.05, 4.69) is 38.1 Å². The molecule has 0 spiro atoms. The third kappa shape index (κ3) is 6.95. The second-order valence-corrected chi connectivity index (χ2v) is 7.43. The van der Waals surface area contributed by atoms with E-state index in [4.69, 9.17) is 4.74 Å². The molecule has 0 saturated carbocycles. The zero-order chi connectivity index (χ0) is 17.9. The third-order valence-electron chi connectivity index (χ3n) is 4.09. The van der Waals surface area contributed by atoms with Crippen LogP contribution in [0.5, 0.6) is 0 Å². The van der Waals surface area contributed by atoms with Crippen molar-refractivity contribution in [2.75, 3.05) is 6.61 Å². The number of esters is 1. The molecule has 25 heavy (non-hydrogen) atoms. The van der Waals surface area contributed by atoms with Gasteiger partial charge >= 0.3 is 5.97 Å². The Morgan fingerprint density at radius 2 is 1.60 bits per heavy atom. The number of carbonyl (C=O) groups is 1. The van der Waals surface area contributed by atoms with Crippen LogP contribution in [-0.4, -0.2) is 12.6 Å². The summed E-state index contributed by atoms with van der Waals surface area (Å²) in [7, 11) is 0. The lowest BCUT2D eigenvalue weighted by atomic mass is 10.1. The van der Waals surface area contributed by atoms with Crippen LogP contribution in [0.2, 0.25) is 0 Å². The Labute approximate surface area is 156 Å². The number of ether oxygens (including phenoxy) is 1. The van der Waals surface area contributed by atoms with Gasteiger partial charge in [0.2, 0.25) is 0 Å². The monoisotopic (exact) mass is 356 g/mol. The molecule has 0 aliphatic rings. The zero-order valence-electron chi connectivity index (χ0n) is 15.3. The molecule has 0 fully saturated rings. The van der Waals surface area contributed by atoms with Crippen molar-refractivity contribution in [1.29, 1.82) is 0 Å². The van der Waals surface area contributed by atoms with Crippen molar-refractivity contribution in [3.8, 4) is 0 Å². The molecular formula is C22H28O2S. The molecule has 0 N–H and O–H groups in total. The molecule has 0 radical (unpaired) electrons. The van der Waals surface area contributed by atoms with Crippen LogP contribution >= 0.6 is 11.8 Å². The lowest BCUT2D eigenvalue weighted by Crippen LogP contribution is -2.07. The predicted octanol–water partition coefficient (Wildman–Crippen LogP) is 6.66. The largest absolute Gasteiger partial charge is 0.462 e. The normalized spacial score (nSPS) is 10.6. The minimum absolute atomic E-state index is 0.219. The Kier molecular flexibility index (Phi) is 8.61. The van der Waals surface area contributed by atoms with Gasteiger partial charge in [0.15, 0.2) is 0 Å². The second kappa shape index (κ2) is 11.0. The van der Waals surface area contributed by atoms with Gasteiger partial charge in [0.05, 0.1) is 12.2 Å². The summed E-state index contributed by atoms with van der Waals surface area (Å²) < 4.78 is 5.48. The van der Waals surface area contributed by atoms with Crippen LogP contribution in [0.3, 0.4) is 0 Å². The fourth-order valence-electron chi connectivity index (χ4n) is 2.58. The van der Waals surface area contributed by atoms with Gasteiger partial charge in [0.25, 0.3) is 0 Å². The maximum atomic E-state index is 12.4. The number of hydrogen-bond donors (Lipinski definition) is 0. The first-order valence-corrected chi connectivity index (χ1v) is 10.0. The maximum Gasteiger partial charge on any atom is 0.339 e. The van der Waals surface area contributed by atoms with Gasteiger partial charge in [-0.05, 0) is 37.6 Å². The Balaban J connectivity index is 1.86. The molecule has 0 saturated heterocycles. The zero-order valence-corrected chi connectivity index (χ0v) is 16.1. The van der Waals surface area contributed by atoms with E-state index < -0.39 is 0 Å². The molecule has 2 aromatic carbocycles. The van der Waals surface area contributed by atoms with Crippen LogP contribution in [0.15, 0.2) is 58.3 Å². The molecule has 2 aromatic rings. The summed E-state index contributed by atoms with van der Waals surface area (Å²) >= 11 is 1.60. The van der Waals surface area contributed by atoms with Crippen molar-refractivity contribution >= 4 is 17.7 Å². The lowest BCUT2D eigenvalue weighted by Gasteiger charge is -2.09. The van der Waals surface area contributed by atoms with E-state index in [1.165, 1.54) is 31.2 Å². The van der Waals surface area contributed by atoms with Crippen LogP contribution in [0.4, 0.5) is 0 Å². The SMILES string of the molecule is CCCCCCCCOC(=O)c1ccccc1Sc1ccc(C)cc1. The van der Waals surface area contributed by atoms with Crippen molar-refractivity contribution in [2.45, 2.75) is 62.2 Å². The standard InChI is InChI=1S/C22H28O2S/c1-3-4-5-6-7-10-17-24-22(23)20-11-8-9-12-21(20)25-19-15-13-18(2)14-16-19/h8-9,11-16H,3-7,10,17H2,1-2H3. The Bertz CT molecular complexity index is 649. The quantitative estimate of drug-likeness (QED) is 0.351. The highest BCUT2D eigenvalue weighted by atomic mass is 32.2. The summed E-state index contributed by atoms with van der Waals surface area (Å²) in [6.07, 6.45) is 7.13. The minimum Gasteiger partial charge on any atom is -0.462 e. The van der Waals surface area contributed by atoms with Crippen molar-refractivity contribution in [1.82, 2.24) is 0 Å². The van der Waals surface area contributed by atoms with Gasteiger partial charge in [-0.25, -0.2) is 4.79 Å². The minimum atomic E-state index is -0.219. The van der Waals surface area contributed by atoms with Gasteiger partial charge in [-0.1, -0.05) is 80.6 Å². The number of unbranched alkanes of at least 4 members (excludes halogenated alkanes) is 5. The first-order valence-electron chi connectivity index (χ1n) is 9.21. The van der Waals surface area contributed by atoms with Gasteiger partial charge in [0.1, 0.15) is 0 Å². The Hall–Kier alpha value is -1.74. The van der Waals surface area contributed by atoms with E-state index in [1.807, 2.05) is 24.3 Å². The summed E-state index contributed by atoms with van der Waals surface area (Å²) in [5.41, 5.74) is 1.88. The van der Waals surface area contributed by atoms with Crippen LogP contribution in [0.25, 0.3) is 0 Å². The summed E-state index contributed by atoms with van der Waals surface area (Å²) in [5.74, 6) is -0.219. The van der Waals surface area contributed by atoms with E-state index in [1.54, 1.807) is 11.8 Å². The number of hydrogen-bond acceptors (Lipinski definition) is 3. The molecule has 0 aromatic heterocycles. The Morgan fingerprint density at radius 3 is 2.36 bits per heavy atom. The third-order valence-corrected chi connectivity index (χ3v) is 5.17. The number of benzene rings is 2. The summed E-state index contributed by atoms with van der Waals surface area (Å²) in [6.45, 7) is 4.80. The average Bonchev–Trinajstić information content (AvgIpc) is 2.63. The maximum absolute atomic E-state index is 12.4. The summed E-state index contributed by atoms with van der Waals surface area (Å²) in [5, 5.41) is 0. The van der Waals surface area contributed by atoms with Crippen molar-refractivity contribution in [2.24, 2.45) is 0 Å². The molecular weight excluding hydrogens is 328 g/mol. The highest BCUT2D eigenvalue weighted by Gasteiger charge is 2.13. The molecule has 0 unspecified atom stereocenters. The van der Waals surface area contributed by atoms with Gasteiger partial charge < -0.3 is 4.74 Å². The van der Waals surface area contributed by atoms with E-state index in [0.717, 1.165) is 22.6 Å². The van der Waals surface area contributed by atoms with E-state index in [0.29, 0.717) is 12.2 Å². The van der Waals surface area contributed by atoms with Crippen molar-refractivity contribution in [3.63, 3.8) is 0 Å².